The number of amides is 1. The number of benzene rings is 3. The summed E-state index contributed by atoms with van der Waals surface area (Å²) >= 11 is 0. The fraction of sp³-hybridized carbons (Fsp3) is 0.120. The van der Waals surface area contributed by atoms with Crippen molar-refractivity contribution < 1.29 is 19.0 Å². The summed E-state index contributed by atoms with van der Waals surface area (Å²) in [5.74, 6) is 1.56. The summed E-state index contributed by atoms with van der Waals surface area (Å²) in [5, 5.41) is 3.72. The minimum absolute atomic E-state index is 0.216. The van der Waals surface area contributed by atoms with Gasteiger partial charge < -0.3 is 25.3 Å². The lowest BCUT2D eigenvalue weighted by atomic mass is 10.1. The Labute approximate surface area is 185 Å². The van der Waals surface area contributed by atoms with Gasteiger partial charge in [0, 0.05) is 40.2 Å². The van der Waals surface area contributed by atoms with Crippen molar-refractivity contribution in [2.75, 3.05) is 25.3 Å². The zero-order valence-electron chi connectivity index (χ0n) is 17.8. The fourth-order valence-electron chi connectivity index (χ4n) is 3.38. The number of carbonyl (C=O) groups excluding carboxylic acids is 1. The van der Waals surface area contributed by atoms with Gasteiger partial charge in [-0.1, -0.05) is 18.2 Å². The minimum Gasteiger partial charge on any atom is -0.493 e. The van der Waals surface area contributed by atoms with E-state index in [1.54, 1.807) is 56.8 Å². The van der Waals surface area contributed by atoms with Crippen LogP contribution in [-0.2, 0) is 6.61 Å². The molecule has 7 heteroatoms. The van der Waals surface area contributed by atoms with Gasteiger partial charge in [0.25, 0.3) is 5.91 Å². The van der Waals surface area contributed by atoms with Crippen LogP contribution in [0.4, 0.5) is 11.4 Å². The Hall–Kier alpha value is -4.26. The standard InChI is InChI=1S/C25H23N3O4/c1-30-23-10-8-18(14-24(23)31-2)32-15-16-5-3-4-6-19(16)25(29)28-17-7-9-22-20(13-17)21(26)11-12-27-22/h3-14H,15H2,1-2H3,(H2,26,27)(H,28,29). The molecule has 0 aliphatic carbocycles. The van der Waals surface area contributed by atoms with Crippen LogP contribution in [0.15, 0.2) is 72.9 Å². The molecule has 0 saturated carbocycles. The smallest absolute Gasteiger partial charge is 0.256 e. The highest BCUT2D eigenvalue weighted by Gasteiger charge is 2.13. The lowest BCUT2D eigenvalue weighted by molar-refractivity contribution is 0.102. The van der Waals surface area contributed by atoms with Crippen molar-refractivity contribution in [1.29, 1.82) is 0 Å². The number of hydrogen-bond acceptors (Lipinski definition) is 6. The van der Waals surface area contributed by atoms with Crippen LogP contribution in [-0.4, -0.2) is 25.1 Å². The molecule has 1 aromatic heterocycles. The largest absolute Gasteiger partial charge is 0.493 e. The number of nitrogen functional groups attached to an aromatic ring is 1. The number of nitrogens with zero attached hydrogens (tertiary/aromatic N) is 1. The molecule has 1 amide bonds. The first-order valence-electron chi connectivity index (χ1n) is 9.97. The second kappa shape index (κ2) is 9.26. The van der Waals surface area contributed by atoms with Gasteiger partial charge >= 0.3 is 0 Å². The highest BCUT2D eigenvalue weighted by atomic mass is 16.5. The van der Waals surface area contributed by atoms with E-state index in [2.05, 4.69) is 10.3 Å². The van der Waals surface area contributed by atoms with Crippen LogP contribution in [0.1, 0.15) is 15.9 Å². The molecule has 0 aliphatic rings. The molecule has 0 spiro atoms. The number of methoxy groups -OCH3 is 2. The van der Waals surface area contributed by atoms with Gasteiger partial charge in [0.05, 0.1) is 19.7 Å². The molecule has 7 nitrogen and oxygen atoms in total. The number of carbonyl (C=O) groups is 1. The highest BCUT2D eigenvalue weighted by molar-refractivity contribution is 6.06. The summed E-state index contributed by atoms with van der Waals surface area (Å²) in [5.41, 5.74) is 9.32. The summed E-state index contributed by atoms with van der Waals surface area (Å²) in [6.07, 6.45) is 1.66. The second-order valence-electron chi connectivity index (χ2n) is 7.05. The molecule has 0 atom stereocenters. The van der Waals surface area contributed by atoms with E-state index in [9.17, 15) is 4.79 Å². The molecule has 1 heterocycles. The first-order valence-corrected chi connectivity index (χ1v) is 9.97. The fourth-order valence-corrected chi connectivity index (χ4v) is 3.38. The van der Waals surface area contributed by atoms with Gasteiger partial charge in [-0.25, -0.2) is 0 Å². The van der Waals surface area contributed by atoms with Crippen LogP contribution in [0.2, 0.25) is 0 Å². The van der Waals surface area contributed by atoms with E-state index < -0.39 is 0 Å². The van der Waals surface area contributed by atoms with Crippen molar-refractivity contribution in [3.63, 3.8) is 0 Å². The molecule has 0 fully saturated rings. The Kier molecular flexibility index (Phi) is 6.07. The van der Waals surface area contributed by atoms with E-state index in [-0.39, 0.29) is 12.5 Å². The second-order valence-corrected chi connectivity index (χ2v) is 7.05. The van der Waals surface area contributed by atoms with Gasteiger partial charge in [0.2, 0.25) is 0 Å². The van der Waals surface area contributed by atoms with E-state index in [4.69, 9.17) is 19.9 Å². The molecule has 0 unspecified atom stereocenters. The van der Waals surface area contributed by atoms with E-state index in [0.717, 1.165) is 16.5 Å². The quantitative estimate of drug-likeness (QED) is 0.443. The number of anilines is 2. The zero-order valence-corrected chi connectivity index (χ0v) is 17.8. The van der Waals surface area contributed by atoms with E-state index in [0.29, 0.717) is 34.2 Å². The topological polar surface area (TPSA) is 95.7 Å². The Balaban J connectivity index is 1.52. The molecular formula is C25H23N3O4. The van der Waals surface area contributed by atoms with Gasteiger partial charge in [0.1, 0.15) is 12.4 Å². The molecule has 32 heavy (non-hydrogen) atoms. The molecule has 0 radical (unpaired) electrons. The number of nitrogens with two attached hydrogens (primary N) is 1. The Morgan fingerprint density at radius 1 is 0.969 bits per heavy atom. The monoisotopic (exact) mass is 429 g/mol. The number of pyridine rings is 1. The maximum atomic E-state index is 13.0. The van der Waals surface area contributed by atoms with Gasteiger partial charge in [-0.05, 0) is 42.5 Å². The maximum absolute atomic E-state index is 13.0. The normalized spacial score (nSPS) is 10.6. The Morgan fingerprint density at radius 3 is 2.59 bits per heavy atom. The first-order chi connectivity index (χ1) is 15.6. The minimum atomic E-state index is -0.238. The summed E-state index contributed by atoms with van der Waals surface area (Å²) in [6, 6.07) is 19.8. The maximum Gasteiger partial charge on any atom is 0.256 e. The van der Waals surface area contributed by atoms with Crippen LogP contribution in [0.5, 0.6) is 17.2 Å². The lowest BCUT2D eigenvalue weighted by Gasteiger charge is -2.13. The summed E-state index contributed by atoms with van der Waals surface area (Å²) in [7, 11) is 3.14. The Morgan fingerprint density at radius 2 is 1.78 bits per heavy atom. The molecule has 162 valence electrons. The van der Waals surface area contributed by atoms with Crippen LogP contribution < -0.4 is 25.3 Å². The number of rotatable bonds is 7. The number of nitrogens with one attached hydrogen (secondary N) is 1. The van der Waals surface area contributed by atoms with Crippen molar-refractivity contribution in [2.24, 2.45) is 0 Å². The molecule has 3 N–H and O–H groups in total. The lowest BCUT2D eigenvalue weighted by Crippen LogP contribution is -2.15. The number of hydrogen-bond donors (Lipinski definition) is 2. The summed E-state index contributed by atoms with van der Waals surface area (Å²) < 4.78 is 16.5. The molecule has 0 aliphatic heterocycles. The first kappa shape index (κ1) is 21.0. The summed E-state index contributed by atoms with van der Waals surface area (Å²) in [4.78, 5) is 17.3. The molecule has 0 saturated heterocycles. The molecule has 3 aromatic carbocycles. The van der Waals surface area contributed by atoms with Crippen LogP contribution in [0.3, 0.4) is 0 Å². The molecule has 4 aromatic rings. The summed E-state index contributed by atoms with van der Waals surface area (Å²) in [6.45, 7) is 0.216. The van der Waals surface area contributed by atoms with E-state index >= 15 is 0 Å². The third kappa shape index (κ3) is 4.41. The number of fused-ring (bicyclic) bond motifs is 1. The molecule has 4 rings (SSSR count). The van der Waals surface area contributed by atoms with E-state index in [1.807, 2.05) is 30.3 Å². The number of aromatic nitrogens is 1. The SMILES string of the molecule is COc1ccc(OCc2ccccc2C(=O)Nc2ccc3nccc(N)c3c2)cc1OC. The van der Waals surface area contributed by atoms with Crippen LogP contribution in [0.25, 0.3) is 10.9 Å². The van der Waals surface area contributed by atoms with Gasteiger partial charge in [-0.3, -0.25) is 9.78 Å². The van der Waals surface area contributed by atoms with Crippen LogP contribution >= 0.6 is 0 Å². The van der Waals surface area contributed by atoms with Gasteiger partial charge in [-0.15, -0.1) is 0 Å². The van der Waals surface area contributed by atoms with Crippen molar-refractivity contribution >= 4 is 28.2 Å². The van der Waals surface area contributed by atoms with Crippen molar-refractivity contribution in [3.8, 4) is 17.2 Å². The van der Waals surface area contributed by atoms with E-state index in [1.165, 1.54) is 0 Å². The van der Waals surface area contributed by atoms with Crippen molar-refractivity contribution in [2.45, 2.75) is 6.61 Å². The van der Waals surface area contributed by atoms with Crippen LogP contribution in [0, 0.1) is 0 Å². The average Bonchev–Trinajstić information content (AvgIpc) is 2.83. The van der Waals surface area contributed by atoms with Gasteiger partial charge in [0.15, 0.2) is 11.5 Å². The number of ether oxygens (including phenoxy) is 3. The third-order valence-electron chi connectivity index (χ3n) is 5.04. The molecule has 0 bridgehead atoms. The van der Waals surface area contributed by atoms with Gasteiger partial charge in [-0.2, -0.15) is 0 Å². The molecular weight excluding hydrogens is 406 g/mol. The highest BCUT2D eigenvalue weighted by Crippen LogP contribution is 2.31. The third-order valence-corrected chi connectivity index (χ3v) is 5.04. The predicted octanol–water partition coefficient (Wildman–Crippen LogP) is 4.67. The average molecular weight is 429 g/mol. The zero-order chi connectivity index (χ0) is 22.5. The van der Waals surface area contributed by atoms with Crippen molar-refractivity contribution in [1.82, 2.24) is 4.98 Å². The van der Waals surface area contributed by atoms with Crippen molar-refractivity contribution in [3.05, 3.63) is 84.1 Å². The Bertz CT molecular complexity index is 1270. The predicted molar refractivity (Wildman–Crippen MR) is 124 cm³/mol.